The van der Waals surface area contributed by atoms with Crippen LogP contribution < -0.4 is 34.3 Å². The first-order chi connectivity index (χ1) is 4.58. The molecule has 1 aliphatic heterocycles. The van der Waals surface area contributed by atoms with Crippen molar-refractivity contribution < 1.29 is 42.5 Å². The molecule has 1 heterocycles. The number of hydrogen-bond acceptors (Lipinski definition) is 4. The number of thioether (sulfide) groups is 1. The van der Waals surface area contributed by atoms with Gasteiger partial charge in [0.25, 0.3) is 0 Å². The number of rotatable bonds is 2. The molecular weight excluding hydrogens is 197 g/mol. The van der Waals surface area contributed by atoms with E-state index in [2.05, 4.69) is 0 Å². The monoisotopic (exact) mass is 205 g/mol. The van der Waals surface area contributed by atoms with Crippen LogP contribution in [0.1, 0.15) is 6.42 Å². The predicted octanol–water partition coefficient (Wildman–Crippen LogP) is -3.45. The smallest absolute Gasteiger partial charge is 0.735 e. The minimum Gasteiger partial charge on any atom is -0.735 e. The first-order valence-corrected chi connectivity index (χ1v) is 5.45. The molecule has 1 rings (SSSR count). The Morgan fingerprint density at radius 1 is 1.55 bits per heavy atom. The van der Waals surface area contributed by atoms with E-state index in [0.717, 1.165) is 17.9 Å². The zero-order chi connectivity index (χ0) is 7.61. The van der Waals surface area contributed by atoms with Crippen LogP contribution in [-0.2, 0) is 10.3 Å². The Bertz CT molecular complexity index is 199. The zero-order valence-electron chi connectivity index (χ0n) is 6.24. The summed E-state index contributed by atoms with van der Waals surface area (Å²) in [6.45, 7) is 0. The maximum absolute atomic E-state index is 10.1. The molecule has 0 spiro atoms. The molecule has 0 aromatic carbocycles. The van der Waals surface area contributed by atoms with Gasteiger partial charge in [-0.2, -0.15) is 11.8 Å². The molecule has 4 nitrogen and oxygen atoms in total. The second-order valence-electron chi connectivity index (χ2n) is 2.13. The maximum atomic E-state index is 10.1. The van der Waals surface area contributed by atoms with E-state index in [-0.39, 0.29) is 35.6 Å². The van der Waals surface area contributed by atoms with Gasteiger partial charge in [-0.3, -0.25) is 0 Å². The van der Waals surface area contributed by atoms with Crippen molar-refractivity contribution in [3.05, 3.63) is 0 Å². The van der Waals surface area contributed by atoms with Crippen molar-refractivity contribution in [1.82, 2.24) is 4.72 Å². The molecule has 0 bridgehead atoms. The third kappa shape index (κ3) is 5.46. The van der Waals surface area contributed by atoms with Crippen molar-refractivity contribution in [2.75, 3.05) is 11.5 Å². The second-order valence-corrected chi connectivity index (χ2v) is 4.43. The van der Waals surface area contributed by atoms with E-state index in [4.69, 9.17) is 0 Å². The van der Waals surface area contributed by atoms with Crippen molar-refractivity contribution >= 4 is 22.1 Å². The fourth-order valence-corrected chi connectivity index (χ4v) is 2.70. The van der Waals surface area contributed by atoms with E-state index in [9.17, 15) is 13.0 Å². The molecule has 0 saturated carbocycles. The maximum Gasteiger partial charge on any atom is 1.00 e. The van der Waals surface area contributed by atoms with E-state index in [1.54, 1.807) is 11.8 Å². The molecule has 0 aromatic rings. The van der Waals surface area contributed by atoms with Crippen LogP contribution in [0.5, 0.6) is 0 Å². The van der Waals surface area contributed by atoms with Gasteiger partial charge in [-0.25, -0.2) is 13.1 Å². The summed E-state index contributed by atoms with van der Waals surface area (Å²) in [6.07, 6.45) is 0.770. The Morgan fingerprint density at radius 3 is 2.55 bits per heavy atom. The van der Waals surface area contributed by atoms with Gasteiger partial charge in [-0.05, 0) is 12.2 Å². The molecule has 0 amide bonds. The van der Waals surface area contributed by atoms with Crippen molar-refractivity contribution in [1.29, 1.82) is 0 Å². The van der Waals surface area contributed by atoms with Crippen molar-refractivity contribution in [2.45, 2.75) is 12.5 Å². The predicted molar refractivity (Wildman–Crippen MR) is 38.6 cm³/mol. The quantitative estimate of drug-likeness (QED) is 0.376. The fraction of sp³-hybridized carbons (Fsp3) is 1.00. The summed E-state index contributed by atoms with van der Waals surface area (Å²) in [5, 5.41) is 0. The zero-order valence-corrected chi connectivity index (χ0v) is 9.87. The summed E-state index contributed by atoms with van der Waals surface area (Å²) in [5.41, 5.74) is 0. The van der Waals surface area contributed by atoms with Crippen LogP contribution in [0.3, 0.4) is 0 Å². The van der Waals surface area contributed by atoms with Crippen molar-refractivity contribution in [3.8, 4) is 0 Å². The Kier molecular flexibility index (Phi) is 5.62. The topological polar surface area (TPSA) is 69.2 Å². The Morgan fingerprint density at radius 2 is 2.18 bits per heavy atom. The van der Waals surface area contributed by atoms with Gasteiger partial charge in [-0.15, -0.1) is 0 Å². The minimum atomic E-state index is -4.22. The summed E-state index contributed by atoms with van der Waals surface area (Å²) in [6, 6.07) is -0.132. The molecule has 0 radical (unpaired) electrons. The molecule has 7 heteroatoms. The molecule has 1 saturated heterocycles. The minimum absolute atomic E-state index is 0. The molecule has 1 atom stereocenters. The van der Waals surface area contributed by atoms with Gasteiger partial charge >= 0.3 is 29.6 Å². The third-order valence-corrected chi connectivity index (χ3v) is 3.03. The van der Waals surface area contributed by atoms with Crippen LogP contribution in [0.2, 0.25) is 0 Å². The Hall–Kier alpha value is 1.22. The van der Waals surface area contributed by atoms with Crippen LogP contribution in [0.15, 0.2) is 0 Å². The molecule has 0 unspecified atom stereocenters. The molecule has 11 heavy (non-hydrogen) atoms. The van der Waals surface area contributed by atoms with Crippen LogP contribution in [0, 0.1) is 0 Å². The molecule has 0 aromatic heterocycles. The van der Waals surface area contributed by atoms with Gasteiger partial charge in [0.15, 0.2) is 10.3 Å². The number of hydrogen-bond donors (Lipinski definition) is 1. The van der Waals surface area contributed by atoms with Gasteiger partial charge in [0.2, 0.25) is 0 Å². The SMILES string of the molecule is O=S(=O)([O-])N[C@H]1CCSC1.[Na+]. The van der Waals surface area contributed by atoms with Gasteiger partial charge in [0.05, 0.1) is 0 Å². The summed E-state index contributed by atoms with van der Waals surface area (Å²) >= 11 is 1.66. The summed E-state index contributed by atoms with van der Waals surface area (Å²) < 4.78 is 32.3. The van der Waals surface area contributed by atoms with E-state index in [1.165, 1.54) is 0 Å². The van der Waals surface area contributed by atoms with Gasteiger partial charge in [0.1, 0.15) is 0 Å². The van der Waals surface area contributed by atoms with E-state index in [0.29, 0.717) is 0 Å². The van der Waals surface area contributed by atoms with Crippen LogP contribution in [0.4, 0.5) is 0 Å². The molecule has 1 fully saturated rings. The average molecular weight is 205 g/mol. The third-order valence-electron chi connectivity index (χ3n) is 1.24. The average Bonchev–Trinajstić information content (AvgIpc) is 2.12. The molecule has 1 aliphatic rings. The second kappa shape index (κ2) is 5.06. The first-order valence-electron chi connectivity index (χ1n) is 2.89. The van der Waals surface area contributed by atoms with Crippen LogP contribution >= 0.6 is 11.8 Å². The fourth-order valence-electron chi connectivity index (χ4n) is 0.832. The van der Waals surface area contributed by atoms with E-state index in [1.807, 2.05) is 4.72 Å². The van der Waals surface area contributed by atoms with Crippen molar-refractivity contribution in [3.63, 3.8) is 0 Å². The molecule has 0 aliphatic carbocycles. The summed E-state index contributed by atoms with van der Waals surface area (Å²) in [4.78, 5) is 0. The largest absolute Gasteiger partial charge is 1.00 e. The first kappa shape index (κ1) is 12.2. The summed E-state index contributed by atoms with van der Waals surface area (Å²) in [5.74, 6) is 1.66. The number of nitrogens with one attached hydrogen (secondary N) is 1. The van der Waals surface area contributed by atoms with Gasteiger partial charge in [0, 0.05) is 11.8 Å². The van der Waals surface area contributed by atoms with E-state index >= 15 is 0 Å². The van der Waals surface area contributed by atoms with E-state index < -0.39 is 10.3 Å². The summed E-state index contributed by atoms with van der Waals surface area (Å²) in [7, 11) is -4.22. The normalized spacial score (nSPS) is 24.6. The van der Waals surface area contributed by atoms with Gasteiger partial charge in [-0.1, -0.05) is 0 Å². The Labute approximate surface area is 92.7 Å². The van der Waals surface area contributed by atoms with Crippen molar-refractivity contribution in [2.24, 2.45) is 0 Å². The molecular formula is C4H8NNaO3S2. The Balaban J connectivity index is 0.000001000. The standard InChI is InChI=1S/C4H9NO3S2.Na/c6-10(7,8)5-4-1-2-9-3-4;/h4-5H,1-3H2,(H,6,7,8);/q;+1/p-1/t4-;/m0./s1. The molecule has 1 N–H and O–H groups in total. The van der Waals surface area contributed by atoms with Crippen LogP contribution in [0.25, 0.3) is 0 Å². The molecule has 60 valence electrons. The van der Waals surface area contributed by atoms with Crippen LogP contribution in [-0.4, -0.2) is 30.5 Å². The van der Waals surface area contributed by atoms with Gasteiger partial charge < -0.3 is 4.55 Å².